The molecule has 2 unspecified atom stereocenters. The summed E-state index contributed by atoms with van der Waals surface area (Å²) in [6.45, 7) is 7.86. The van der Waals surface area contributed by atoms with Gasteiger partial charge in [-0.3, -0.25) is 14.5 Å². The van der Waals surface area contributed by atoms with Crippen molar-refractivity contribution < 1.29 is 27.5 Å². The van der Waals surface area contributed by atoms with E-state index in [1.165, 1.54) is 24.5 Å². The van der Waals surface area contributed by atoms with Gasteiger partial charge >= 0.3 is 6.18 Å². The van der Waals surface area contributed by atoms with Gasteiger partial charge in [0.1, 0.15) is 5.82 Å². The zero-order valence-electron chi connectivity index (χ0n) is 24.9. The SMILES string of the molecule is CC1CN(c2cc(F)c(-c3cnc(N4CCC(C)(O)CC4)nc3)cc2NC(=O)c2c[nH]c(=O)cc2C(F)(F)F)CC(C)N1C. The number of likely N-dealkylation sites (N-methyl/N-ethyl adjacent to an activating group) is 1. The van der Waals surface area contributed by atoms with E-state index < -0.39 is 40.2 Å². The van der Waals surface area contributed by atoms with Crippen molar-refractivity contribution in [1.29, 1.82) is 0 Å². The van der Waals surface area contributed by atoms with Crippen molar-refractivity contribution in [1.82, 2.24) is 19.9 Å². The quantitative estimate of drug-likeness (QED) is 0.366. The Morgan fingerprint density at radius 1 is 1.07 bits per heavy atom. The molecule has 3 aromatic rings. The predicted octanol–water partition coefficient (Wildman–Crippen LogP) is 4.12. The third kappa shape index (κ3) is 6.55. The number of hydrogen-bond acceptors (Lipinski definition) is 8. The van der Waals surface area contributed by atoms with Crippen LogP contribution in [0.3, 0.4) is 0 Å². The maximum atomic E-state index is 15.8. The number of hydrogen-bond donors (Lipinski definition) is 3. The highest BCUT2D eigenvalue weighted by atomic mass is 19.4. The van der Waals surface area contributed by atoms with Crippen molar-refractivity contribution in [2.75, 3.05) is 48.3 Å². The van der Waals surface area contributed by atoms with E-state index >= 15 is 4.39 Å². The van der Waals surface area contributed by atoms with Crippen molar-refractivity contribution in [2.45, 2.75) is 57.5 Å². The summed E-state index contributed by atoms with van der Waals surface area (Å²) in [4.78, 5) is 41.9. The van der Waals surface area contributed by atoms with Crippen LogP contribution in [0.2, 0.25) is 0 Å². The molecule has 2 aliphatic heterocycles. The molecule has 10 nitrogen and oxygen atoms in total. The molecule has 5 rings (SSSR count). The Kier molecular flexibility index (Phi) is 8.42. The van der Waals surface area contributed by atoms with E-state index in [0.717, 1.165) is 6.20 Å². The molecule has 44 heavy (non-hydrogen) atoms. The fourth-order valence-electron chi connectivity index (χ4n) is 5.64. The highest BCUT2D eigenvalue weighted by Crippen LogP contribution is 2.37. The minimum absolute atomic E-state index is 0.0462. The number of anilines is 3. The van der Waals surface area contributed by atoms with Crippen LogP contribution in [-0.2, 0) is 6.18 Å². The van der Waals surface area contributed by atoms with Crippen LogP contribution in [0, 0.1) is 5.82 Å². The molecule has 2 aromatic heterocycles. The van der Waals surface area contributed by atoms with E-state index in [2.05, 4.69) is 25.2 Å². The summed E-state index contributed by atoms with van der Waals surface area (Å²) in [5.41, 5.74) is -3.16. The topological polar surface area (TPSA) is 118 Å². The number of amides is 1. The number of pyridine rings is 1. The molecule has 2 aliphatic rings. The maximum absolute atomic E-state index is 15.8. The Labute approximate surface area is 251 Å². The molecule has 0 bridgehead atoms. The summed E-state index contributed by atoms with van der Waals surface area (Å²) in [6.07, 6.45) is -0.246. The molecule has 2 saturated heterocycles. The van der Waals surface area contributed by atoms with E-state index in [0.29, 0.717) is 62.3 Å². The van der Waals surface area contributed by atoms with Crippen LogP contribution in [0.25, 0.3) is 11.1 Å². The number of nitrogens with one attached hydrogen (secondary N) is 2. The number of H-pyrrole nitrogens is 1. The molecular weight excluding hydrogens is 582 g/mol. The van der Waals surface area contributed by atoms with E-state index in [1.807, 2.05) is 30.7 Å². The smallest absolute Gasteiger partial charge is 0.390 e. The summed E-state index contributed by atoms with van der Waals surface area (Å²) < 4.78 is 57.0. The lowest BCUT2D eigenvalue weighted by molar-refractivity contribution is -0.138. The van der Waals surface area contributed by atoms with Crippen LogP contribution in [-0.4, -0.2) is 81.8 Å². The summed E-state index contributed by atoms with van der Waals surface area (Å²) in [6, 6.07) is 3.10. The zero-order chi connectivity index (χ0) is 32.0. The molecule has 1 aromatic carbocycles. The molecule has 2 fully saturated rings. The minimum Gasteiger partial charge on any atom is -0.390 e. The number of alkyl halides is 3. The van der Waals surface area contributed by atoms with Gasteiger partial charge in [-0.25, -0.2) is 14.4 Å². The van der Waals surface area contributed by atoms with Crippen molar-refractivity contribution in [3.8, 4) is 11.1 Å². The second-order valence-corrected chi connectivity index (χ2v) is 11.9. The van der Waals surface area contributed by atoms with Gasteiger partial charge in [0.2, 0.25) is 11.5 Å². The van der Waals surface area contributed by atoms with E-state index in [4.69, 9.17) is 0 Å². The van der Waals surface area contributed by atoms with Crippen molar-refractivity contribution >= 4 is 23.2 Å². The van der Waals surface area contributed by atoms with Gasteiger partial charge in [0.25, 0.3) is 5.91 Å². The summed E-state index contributed by atoms with van der Waals surface area (Å²) in [5.74, 6) is -1.31. The largest absolute Gasteiger partial charge is 0.417 e. The summed E-state index contributed by atoms with van der Waals surface area (Å²) >= 11 is 0. The first-order valence-corrected chi connectivity index (χ1v) is 14.3. The molecule has 4 heterocycles. The number of carbonyl (C=O) groups is 1. The Bertz CT molecular complexity index is 1570. The number of halogens is 4. The van der Waals surface area contributed by atoms with E-state index in [1.54, 1.807) is 6.92 Å². The van der Waals surface area contributed by atoms with E-state index in [-0.39, 0.29) is 23.3 Å². The van der Waals surface area contributed by atoms with Gasteiger partial charge in [0.15, 0.2) is 0 Å². The second kappa shape index (κ2) is 11.8. The van der Waals surface area contributed by atoms with Crippen LogP contribution in [0.5, 0.6) is 0 Å². The highest BCUT2D eigenvalue weighted by molar-refractivity contribution is 6.07. The lowest BCUT2D eigenvalue weighted by Crippen LogP contribution is -2.55. The Morgan fingerprint density at radius 2 is 1.68 bits per heavy atom. The Morgan fingerprint density at radius 3 is 2.27 bits per heavy atom. The molecule has 3 N–H and O–H groups in total. The zero-order valence-corrected chi connectivity index (χ0v) is 24.9. The third-order valence-corrected chi connectivity index (χ3v) is 8.58. The second-order valence-electron chi connectivity index (χ2n) is 11.9. The molecule has 2 atom stereocenters. The Balaban J connectivity index is 1.52. The average molecular weight is 618 g/mol. The van der Waals surface area contributed by atoms with Crippen molar-refractivity contribution in [2.24, 2.45) is 0 Å². The highest BCUT2D eigenvalue weighted by Gasteiger charge is 2.36. The lowest BCUT2D eigenvalue weighted by Gasteiger charge is -2.44. The van der Waals surface area contributed by atoms with Gasteiger partial charge < -0.3 is 25.2 Å². The first kappa shape index (κ1) is 31.4. The molecule has 236 valence electrons. The maximum Gasteiger partial charge on any atom is 0.417 e. The van der Waals surface area contributed by atoms with Gasteiger partial charge in [-0.2, -0.15) is 13.2 Å². The number of nitrogens with zero attached hydrogens (tertiary/aromatic N) is 5. The molecule has 0 spiro atoms. The first-order valence-electron chi connectivity index (χ1n) is 14.3. The molecular formula is C30H35F4N7O3. The van der Waals surface area contributed by atoms with Gasteiger partial charge in [0.05, 0.1) is 28.1 Å². The average Bonchev–Trinajstić information content (AvgIpc) is 2.96. The number of piperidine rings is 1. The molecule has 0 saturated carbocycles. The summed E-state index contributed by atoms with van der Waals surface area (Å²) in [7, 11) is 1.98. The van der Waals surface area contributed by atoms with Crippen molar-refractivity contribution in [3.63, 3.8) is 0 Å². The van der Waals surface area contributed by atoms with Crippen LogP contribution in [0.4, 0.5) is 34.9 Å². The number of benzene rings is 1. The number of aromatic amines is 1. The molecule has 0 radical (unpaired) electrons. The van der Waals surface area contributed by atoms with E-state index in [9.17, 15) is 27.9 Å². The molecule has 0 aliphatic carbocycles. The monoisotopic (exact) mass is 617 g/mol. The van der Waals surface area contributed by atoms with Crippen LogP contribution in [0.1, 0.15) is 49.5 Å². The van der Waals surface area contributed by atoms with Gasteiger partial charge in [-0.15, -0.1) is 0 Å². The first-order chi connectivity index (χ1) is 20.6. The fraction of sp³-hybridized carbons (Fsp3) is 0.467. The van der Waals surface area contributed by atoms with Gasteiger partial charge in [-0.05, 0) is 52.8 Å². The normalized spacial score (nSPS) is 20.9. The number of aliphatic hydroxyl groups is 1. The van der Waals surface area contributed by atoms with Gasteiger partial charge in [-0.1, -0.05) is 0 Å². The molecule has 14 heteroatoms. The number of carbonyl (C=O) groups excluding carboxylic acids is 1. The number of rotatable bonds is 5. The standard InChI is InChI=1S/C30H35F4N7O3/c1-17-15-41(16-18(2)39(17)4)25-11-23(31)20(19-12-36-28(37-13-19)40-7-5-29(3,44)6-8-40)9-24(25)38-27(43)21-14-35-26(42)10-22(21)30(32,33)34/h9-14,17-18,44H,5-8,15-16H2,1-4H3,(H,35,42)(H,38,43). The lowest BCUT2D eigenvalue weighted by atomic mass is 9.94. The Hall–Kier alpha value is -4.04. The number of piperazine rings is 1. The number of aromatic nitrogens is 3. The fourth-order valence-corrected chi connectivity index (χ4v) is 5.64. The minimum atomic E-state index is -4.96. The summed E-state index contributed by atoms with van der Waals surface area (Å²) in [5, 5.41) is 12.8. The van der Waals surface area contributed by atoms with Crippen molar-refractivity contribution in [3.05, 3.63) is 64.1 Å². The molecule has 1 amide bonds. The van der Waals surface area contributed by atoms with Crippen LogP contribution in [0.15, 0.2) is 41.6 Å². The third-order valence-electron chi connectivity index (χ3n) is 8.58. The van der Waals surface area contributed by atoms with Crippen LogP contribution < -0.4 is 20.7 Å². The van der Waals surface area contributed by atoms with Gasteiger partial charge in [0, 0.05) is 74.0 Å². The predicted molar refractivity (Wildman–Crippen MR) is 158 cm³/mol. The van der Waals surface area contributed by atoms with Crippen LogP contribution >= 0.6 is 0 Å².